The molecule has 1 aliphatic heterocycles. The van der Waals surface area contributed by atoms with Gasteiger partial charge in [-0.25, -0.2) is 13.6 Å². The van der Waals surface area contributed by atoms with Crippen LogP contribution in [-0.2, 0) is 13.0 Å². The van der Waals surface area contributed by atoms with Crippen molar-refractivity contribution in [1.29, 1.82) is 0 Å². The molecule has 28 heavy (non-hydrogen) atoms. The summed E-state index contributed by atoms with van der Waals surface area (Å²) in [5.41, 5.74) is 3.65. The van der Waals surface area contributed by atoms with Crippen molar-refractivity contribution in [3.05, 3.63) is 64.7 Å². The van der Waals surface area contributed by atoms with Crippen LogP contribution in [0.15, 0.2) is 36.4 Å². The topological polar surface area (TPSA) is 44.4 Å². The van der Waals surface area contributed by atoms with E-state index in [4.69, 9.17) is 0 Å². The highest BCUT2D eigenvalue weighted by atomic mass is 19.1. The van der Waals surface area contributed by atoms with Gasteiger partial charge >= 0.3 is 6.03 Å². The predicted octanol–water partition coefficient (Wildman–Crippen LogP) is 4.48. The average molecular weight is 387 g/mol. The van der Waals surface area contributed by atoms with Crippen molar-refractivity contribution in [3.8, 4) is 0 Å². The third-order valence-electron chi connectivity index (χ3n) is 5.36. The molecule has 4 nitrogen and oxygen atoms in total. The molecule has 0 atom stereocenters. The van der Waals surface area contributed by atoms with Crippen LogP contribution in [0, 0.1) is 24.5 Å². The number of anilines is 1. The molecule has 0 spiro atoms. The Kier molecular flexibility index (Phi) is 6.62. The van der Waals surface area contributed by atoms with E-state index in [1.54, 1.807) is 13.1 Å². The number of carbonyl (C=O) groups is 1. The maximum Gasteiger partial charge on any atom is 0.318 e. The molecule has 6 heteroatoms. The number of urea groups is 1. The Morgan fingerprint density at radius 3 is 2.54 bits per heavy atom. The molecule has 150 valence electrons. The summed E-state index contributed by atoms with van der Waals surface area (Å²) in [6.07, 6.45) is 2.59. The normalized spacial score (nSPS) is 15.4. The second-order valence-electron chi connectivity index (χ2n) is 7.52. The molecule has 2 amide bonds. The standard InChI is InChI=1S/C22H27F2N3O/c1-15-3-6-21(26-22(28)25-2)18(11-15)14-27-9-7-16(8-10-27)12-17-4-5-19(23)13-20(17)24/h3-6,11,13,16H,7-10,12,14H2,1-2H3,(H2,25,26,28). The Hall–Kier alpha value is -2.47. The first-order valence-corrected chi connectivity index (χ1v) is 9.69. The SMILES string of the molecule is CNC(=O)Nc1ccc(C)cc1CN1CCC(Cc2ccc(F)cc2F)CC1. The lowest BCUT2D eigenvalue weighted by Crippen LogP contribution is -2.34. The summed E-state index contributed by atoms with van der Waals surface area (Å²) < 4.78 is 27.0. The van der Waals surface area contributed by atoms with Gasteiger partial charge < -0.3 is 10.6 Å². The van der Waals surface area contributed by atoms with Crippen LogP contribution in [0.3, 0.4) is 0 Å². The summed E-state index contributed by atoms with van der Waals surface area (Å²) in [5.74, 6) is -0.584. The van der Waals surface area contributed by atoms with Crippen molar-refractivity contribution in [2.45, 2.75) is 32.7 Å². The van der Waals surface area contributed by atoms with Crippen LogP contribution in [0.4, 0.5) is 19.3 Å². The second-order valence-corrected chi connectivity index (χ2v) is 7.52. The molecule has 0 unspecified atom stereocenters. The van der Waals surface area contributed by atoms with E-state index in [0.29, 0.717) is 17.9 Å². The van der Waals surface area contributed by atoms with E-state index in [2.05, 4.69) is 21.6 Å². The van der Waals surface area contributed by atoms with Crippen LogP contribution in [0.2, 0.25) is 0 Å². The Bertz CT molecular complexity index is 833. The second kappa shape index (κ2) is 9.15. The molecule has 0 saturated carbocycles. The maximum atomic E-state index is 13.9. The van der Waals surface area contributed by atoms with Gasteiger partial charge in [0.25, 0.3) is 0 Å². The van der Waals surface area contributed by atoms with Gasteiger partial charge in [0.1, 0.15) is 11.6 Å². The zero-order valence-electron chi connectivity index (χ0n) is 16.4. The van der Waals surface area contributed by atoms with E-state index < -0.39 is 11.6 Å². The largest absolute Gasteiger partial charge is 0.341 e. The highest BCUT2D eigenvalue weighted by Crippen LogP contribution is 2.26. The minimum Gasteiger partial charge on any atom is -0.341 e. The third kappa shape index (κ3) is 5.29. The summed E-state index contributed by atoms with van der Waals surface area (Å²) in [5, 5.41) is 5.46. The fourth-order valence-electron chi connectivity index (χ4n) is 3.75. The Labute approximate surface area is 164 Å². The van der Waals surface area contributed by atoms with Crippen molar-refractivity contribution in [2.24, 2.45) is 5.92 Å². The van der Waals surface area contributed by atoms with E-state index in [9.17, 15) is 13.6 Å². The van der Waals surface area contributed by atoms with E-state index >= 15 is 0 Å². The molecule has 2 aromatic carbocycles. The summed E-state index contributed by atoms with van der Waals surface area (Å²) in [6.45, 7) is 4.64. The van der Waals surface area contributed by atoms with Gasteiger partial charge in [0.2, 0.25) is 0 Å². The molecule has 1 saturated heterocycles. The molecule has 1 heterocycles. The molecule has 0 aromatic heterocycles. The smallest absolute Gasteiger partial charge is 0.318 e. The van der Waals surface area contributed by atoms with E-state index in [1.165, 1.54) is 6.07 Å². The molecule has 0 radical (unpaired) electrons. The fourth-order valence-corrected chi connectivity index (χ4v) is 3.75. The Morgan fingerprint density at radius 2 is 1.86 bits per heavy atom. The predicted molar refractivity (Wildman–Crippen MR) is 107 cm³/mol. The van der Waals surface area contributed by atoms with Gasteiger partial charge in [-0.05, 0) is 68.5 Å². The number of nitrogens with one attached hydrogen (secondary N) is 2. The fraction of sp³-hybridized carbons (Fsp3) is 0.409. The van der Waals surface area contributed by atoms with Gasteiger partial charge in [0.05, 0.1) is 0 Å². The number of benzene rings is 2. The quantitative estimate of drug-likeness (QED) is 0.795. The Balaban J connectivity index is 1.58. The minimum absolute atomic E-state index is 0.231. The van der Waals surface area contributed by atoms with Gasteiger partial charge in [-0.3, -0.25) is 4.90 Å². The van der Waals surface area contributed by atoms with E-state index in [0.717, 1.165) is 55.4 Å². The number of amides is 2. The molecule has 1 fully saturated rings. The van der Waals surface area contributed by atoms with Gasteiger partial charge in [-0.15, -0.1) is 0 Å². The van der Waals surface area contributed by atoms with Crippen LogP contribution >= 0.6 is 0 Å². The first kappa shape index (κ1) is 20.3. The number of aryl methyl sites for hydroxylation is 1. The van der Waals surface area contributed by atoms with Crippen molar-refractivity contribution in [3.63, 3.8) is 0 Å². The molecule has 3 rings (SSSR count). The zero-order valence-corrected chi connectivity index (χ0v) is 16.4. The van der Waals surface area contributed by atoms with Crippen LogP contribution in [0.5, 0.6) is 0 Å². The number of nitrogens with zero attached hydrogens (tertiary/aromatic N) is 1. The molecular formula is C22H27F2N3O. The zero-order chi connectivity index (χ0) is 20.1. The van der Waals surface area contributed by atoms with Gasteiger partial charge in [-0.2, -0.15) is 0 Å². The number of hydrogen-bond donors (Lipinski definition) is 2. The van der Waals surface area contributed by atoms with Crippen molar-refractivity contribution in [1.82, 2.24) is 10.2 Å². The molecule has 2 N–H and O–H groups in total. The summed E-state index contributed by atoms with van der Waals surface area (Å²) in [6, 6.07) is 9.63. The summed E-state index contributed by atoms with van der Waals surface area (Å²) in [7, 11) is 1.60. The highest BCUT2D eigenvalue weighted by Gasteiger charge is 2.21. The molecule has 0 aliphatic carbocycles. The number of likely N-dealkylation sites (tertiary alicyclic amines) is 1. The first-order valence-electron chi connectivity index (χ1n) is 9.69. The van der Waals surface area contributed by atoms with Crippen LogP contribution in [0.1, 0.15) is 29.5 Å². The molecule has 2 aromatic rings. The van der Waals surface area contributed by atoms with Gasteiger partial charge in [-0.1, -0.05) is 23.8 Å². The highest BCUT2D eigenvalue weighted by molar-refractivity contribution is 5.89. The summed E-state index contributed by atoms with van der Waals surface area (Å²) >= 11 is 0. The molecule has 1 aliphatic rings. The maximum absolute atomic E-state index is 13.9. The lowest BCUT2D eigenvalue weighted by Gasteiger charge is -2.32. The number of hydrogen-bond acceptors (Lipinski definition) is 2. The third-order valence-corrected chi connectivity index (χ3v) is 5.36. The minimum atomic E-state index is -0.532. The molecular weight excluding hydrogens is 360 g/mol. The number of piperidine rings is 1. The number of halogens is 2. The van der Waals surface area contributed by atoms with Crippen LogP contribution in [0.25, 0.3) is 0 Å². The van der Waals surface area contributed by atoms with Crippen molar-refractivity contribution >= 4 is 11.7 Å². The van der Waals surface area contributed by atoms with Crippen LogP contribution < -0.4 is 10.6 Å². The van der Waals surface area contributed by atoms with Gasteiger partial charge in [0.15, 0.2) is 0 Å². The lowest BCUT2D eigenvalue weighted by atomic mass is 9.89. The number of carbonyl (C=O) groups excluding carboxylic acids is 1. The van der Waals surface area contributed by atoms with Crippen LogP contribution in [-0.4, -0.2) is 31.1 Å². The monoisotopic (exact) mass is 387 g/mol. The van der Waals surface area contributed by atoms with E-state index in [1.807, 2.05) is 19.1 Å². The Morgan fingerprint density at radius 1 is 1.11 bits per heavy atom. The van der Waals surface area contributed by atoms with E-state index in [-0.39, 0.29) is 6.03 Å². The number of rotatable bonds is 5. The molecule has 0 bridgehead atoms. The van der Waals surface area contributed by atoms with Gasteiger partial charge in [0, 0.05) is 25.3 Å². The van der Waals surface area contributed by atoms with Crippen molar-refractivity contribution < 1.29 is 13.6 Å². The lowest BCUT2D eigenvalue weighted by molar-refractivity contribution is 0.176. The van der Waals surface area contributed by atoms with Crippen molar-refractivity contribution in [2.75, 3.05) is 25.5 Å². The first-order chi connectivity index (χ1) is 13.4. The summed E-state index contributed by atoms with van der Waals surface area (Å²) in [4.78, 5) is 14.0. The average Bonchev–Trinajstić information content (AvgIpc) is 2.67.